The van der Waals surface area contributed by atoms with Crippen molar-refractivity contribution in [3.63, 3.8) is 0 Å². The molecular weight excluding hydrogens is 362 g/mol. The minimum Gasteiger partial charge on any atom is -0.478 e. The van der Waals surface area contributed by atoms with Gasteiger partial charge in [-0.2, -0.15) is 5.10 Å². The molecule has 0 aliphatic rings. The summed E-state index contributed by atoms with van der Waals surface area (Å²) in [6.45, 7) is 5.07. The van der Waals surface area contributed by atoms with Crippen molar-refractivity contribution >= 4 is 5.97 Å². The van der Waals surface area contributed by atoms with Crippen molar-refractivity contribution in [1.29, 1.82) is 0 Å². The summed E-state index contributed by atoms with van der Waals surface area (Å²) in [4.78, 5) is 15.9. The lowest BCUT2D eigenvalue weighted by atomic mass is 10.0. The van der Waals surface area contributed by atoms with Crippen LogP contribution in [0.25, 0.3) is 0 Å². The number of nitrogens with zero attached hydrogens (tertiary/aromatic N) is 3. The van der Waals surface area contributed by atoms with E-state index in [0.29, 0.717) is 12.0 Å². The lowest BCUT2D eigenvalue weighted by molar-refractivity contribution is 0.0696. The highest BCUT2D eigenvalue weighted by molar-refractivity contribution is 5.87. The molecule has 0 atom stereocenters. The maximum absolute atomic E-state index is 11.1. The molecule has 5 heteroatoms. The Kier molecular flexibility index (Phi) is 7.17. The van der Waals surface area contributed by atoms with Crippen molar-refractivity contribution in [2.75, 3.05) is 0 Å². The molecule has 1 aromatic heterocycles. The Morgan fingerprint density at radius 2 is 1.72 bits per heavy atom. The van der Waals surface area contributed by atoms with Crippen LogP contribution in [-0.2, 0) is 25.8 Å². The fourth-order valence-electron chi connectivity index (χ4n) is 3.39. The Morgan fingerprint density at radius 3 is 2.41 bits per heavy atom. The topological polar surface area (TPSA) is 68.0 Å². The van der Waals surface area contributed by atoms with E-state index in [2.05, 4.69) is 38.1 Å². The van der Waals surface area contributed by atoms with E-state index < -0.39 is 5.97 Å². The third kappa shape index (κ3) is 5.76. The van der Waals surface area contributed by atoms with Gasteiger partial charge >= 0.3 is 5.97 Å². The summed E-state index contributed by atoms with van der Waals surface area (Å²) in [5, 5.41) is 13.9. The number of carbonyl (C=O) groups is 1. The van der Waals surface area contributed by atoms with E-state index in [1.165, 1.54) is 5.56 Å². The standard InChI is InChI=1S/C24H29N3O2/c1-3-5-10-23-25-22(7-4-2)26-27(23)17-19-13-11-18(12-14-19)15-20-8-6-9-21(16-20)24(28)29/h6,8-9,11-14,16H,3-5,7,10,15,17H2,1-2H3,(H,28,29). The number of carboxylic acids is 1. The number of benzene rings is 2. The zero-order valence-electron chi connectivity index (χ0n) is 17.3. The number of carboxylic acid groups (broad SMARTS) is 1. The molecule has 1 N–H and O–H groups in total. The second-order valence-electron chi connectivity index (χ2n) is 7.45. The number of unbranched alkanes of at least 4 members (excludes halogenated alkanes) is 1. The molecule has 5 nitrogen and oxygen atoms in total. The highest BCUT2D eigenvalue weighted by Gasteiger charge is 2.10. The highest BCUT2D eigenvalue weighted by atomic mass is 16.4. The van der Waals surface area contributed by atoms with Crippen LogP contribution >= 0.6 is 0 Å². The predicted octanol–water partition coefficient (Wildman–Crippen LogP) is 4.91. The average molecular weight is 392 g/mol. The first-order valence-corrected chi connectivity index (χ1v) is 10.4. The van der Waals surface area contributed by atoms with Gasteiger partial charge in [0, 0.05) is 12.8 Å². The number of aryl methyl sites for hydroxylation is 2. The molecule has 0 bridgehead atoms. The van der Waals surface area contributed by atoms with Gasteiger partial charge in [0.05, 0.1) is 12.1 Å². The number of aromatic nitrogens is 3. The van der Waals surface area contributed by atoms with E-state index in [-0.39, 0.29) is 0 Å². The number of rotatable bonds is 10. The van der Waals surface area contributed by atoms with Crippen LogP contribution in [0.3, 0.4) is 0 Å². The van der Waals surface area contributed by atoms with E-state index >= 15 is 0 Å². The lowest BCUT2D eigenvalue weighted by Gasteiger charge is -2.08. The van der Waals surface area contributed by atoms with Gasteiger partial charge in [-0.15, -0.1) is 0 Å². The molecule has 3 aromatic rings. The molecule has 0 radical (unpaired) electrons. The van der Waals surface area contributed by atoms with E-state index in [0.717, 1.165) is 61.4 Å². The first kappa shape index (κ1) is 20.8. The van der Waals surface area contributed by atoms with Crippen molar-refractivity contribution in [2.24, 2.45) is 0 Å². The minimum atomic E-state index is -0.892. The van der Waals surface area contributed by atoms with Crippen LogP contribution in [-0.4, -0.2) is 25.8 Å². The van der Waals surface area contributed by atoms with Gasteiger partial charge in [0.25, 0.3) is 0 Å². The summed E-state index contributed by atoms with van der Waals surface area (Å²) in [5.74, 6) is 1.12. The summed E-state index contributed by atoms with van der Waals surface area (Å²) < 4.78 is 2.05. The van der Waals surface area contributed by atoms with E-state index in [1.807, 2.05) is 10.7 Å². The molecule has 0 amide bonds. The second kappa shape index (κ2) is 10.0. The number of hydrogen-bond donors (Lipinski definition) is 1. The van der Waals surface area contributed by atoms with Gasteiger partial charge in [-0.25, -0.2) is 14.5 Å². The molecule has 3 rings (SSSR count). The third-order valence-corrected chi connectivity index (χ3v) is 4.96. The molecule has 1 heterocycles. The molecule has 0 spiro atoms. The number of aromatic carboxylic acids is 1. The molecular formula is C24H29N3O2. The average Bonchev–Trinajstić information content (AvgIpc) is 3.09. The van der Waals surface area contributed by atoms with Crippen molar-refractivity contribution in [3.05, 3.63) is 82.4 Å². The molecule has 0 aliphatic heterocycles. The van der Waals surface area contributed by atoms with Crippen molar-refractivity contribution in [2.45, 2.75) is 58.9 Å². The Labute approximate surface area is 172 Å². The third-order valence-electron chi connectivity index (χ3n) is 4.96. The maximum Gasteiger partial charge on any atom is 0.335 e. The smallest absolute Gasteiger partial charge is 0.335 e. The van der Waals surface area contributed by atoms with Gasteiger partial charge in [-0.3, -0.25) is 0 Å². The first-order chi connectivity index (χ1) is 14.1. The molecule has 0 saturated carbocycles. The van der Waals surface area contributed by atoms with E-state index in [9.17, 15) is 4.79 Å². The quantitative estimate of drug-likeness (QED) is 0.533. The zero-order chi connectivity index (χ0) is 20.6. The summed E-state index contributed by atoms with van der Waals surface area (Å²) in [6.07, 6.45) is 5.92. The molecule has 0 fully saturated rings. The minimum absolute atomic E-state index is 0.327. The molecule has 152 valence electrons. The Morgan fingerprint density at radius 1 is 0.966 bits per heavy atom. The molecule has 0 saturated heterocycles. The van der Waals surface area contributed by atoms with Gasteiger partial charge < -0.3 is 5.11 Å². The zero-order valence-corrected chi connectivity index (χ0v) is 17.3. The first-order valence-electron chi connectivity index (χ1n) is 10.4. The van der Waals surface area contributed by atoms with Crippen molar-refractivity contribution < 1.29 is 9.90 Å². The van der Waals surface area contributed by atoms with Gasteiger partial charge in [0.2, 0.25) is 0 Å². The lowest BCUT2D eigenvalue weighted by Crippen LogP contribution is -2.07. The number of hydrogen-bond acceptors (Lipinski definition) is 3. The van der Waals surface area contributed by atoms with Crippen LogP contribution in [0.2, 0.25) is 0 Å². The van der Waals surface area contributed by atoms with Gasteiger partial charge in [-0.05, 0) is 48.1 Å². The Bertz CT molecular complexity index is 945. The summed E-state index contributed by atoms with van der Waals surface area (Å²) in [6, 6.07) is 15.6. The normalized spacial score (nSPS) is 11.0. The summed E-state index contributed by atoms with van der Waals surface area (Å²) >= 11 is 0. The molecule has 29 heavy (non-hydrogen) atoms. The van der Waals surface area contributed by atoms with Crippen LogP contribution in [0.5, 0.6) is 0 Å². The van der Waals surface area contributed by atoms with Crippen molar-refractivity contribution in [3.8, 4) is 0 Å². The van der Waals surface area contributed by atoms with Crippen LogP contribution in [0, 0.1) is 0 Å². The molecule has 0 unspecified atom stereocenters. The molecule has 0 aliphatic carbocycles. The SMILES string of the molecule is CCCCc1nc(CCC)nn1Cc1ccc(Cc2cccc(C(=O)O)c2)cc1. The fourth-order valence-corrected chi connectivity index (χ4v) is 3.39. The van der Waals surface area contributed by atoms with Crippen LogP contribution < -0.4 is 0 Å². The van der Waals surface area contributed by atoms with E-state index in [4.69, 9.17) is 15.2 Å². The second-order valence-corrected chi connectivity index (χ2v) is 7.45. The van der Waals surface area contributed by atoms with Crippen LogP contribution in [0.4, 0.5) is 0 Å². The predicted molar refractivity (Wildman–Crippen MR) is 114 cm³/mol. The Hall–Kier alpha value is -2.95. The van der Waals surface area contributed by atoms with Crippen molar-refractivity contribution in [1.82, 2.24) is 14.8 Å². The monoisotopic (exact) mass is 391 g/mol. The van der Waals surface area contributed by atoms with Crippen LogP contribution in [0.1, 0.15) is 71.8 Å². The van der Waals surface area contributed by atoms with Crippen LogP contribution in [0.15, 0.2) is 48.5 Å². The van der Waals surface area contributed by atoms with Gasteiger partial charge in [0.1, 0.15) is 5.82 Å². The van der Waals surface area contributed by atoms with Gasteiger partial charge in [-0.1, -0.05) is 56.7 Å². The maximum atomic E-state index is 11.1. The highest BCUT2D eigenvalue weighted by Crippen LogP contribution is 2.15. The fraction of sp³-hybridized carbons (Fsp3) is 0.375. The van der Waals surface area contributed by atoms with E-state index in [1.54, 1.807) is 18.2 Å². The summed E-state index contributed by atoms with van der Waals surface area (Å²) in [7, 11) is 0. The van der Waals surface area contributed by atoms with Gasteiger partial charge in [0.15, 0.2) is 5.82 Å². The Balaban J connectivity index is 1.70. The molecule has 2 aromatic carbocycles. The largest absolute Gasteiger partial charge is 0.478 e. The summed E-state index contributed by atoms with van der Waals surface area (Å²) in [5.41, 5.74) is 3.68.